The second kappa shape index (κ2) is 21.0. The number of nitrogens with zero attached hydrogens (tertiary/aromatic N) is 2. The number of hydrogen-bond donors (Lipinski definition) is 0. The Kier molecular flexibility index (Phi) is 17.9. The topological polar surface area (TPSA) is 34.2 Å². The van der Waals surface area contributed by atoms with Gasteiger partial charge in [-0.3, -0.25) is 4.90 Å². The third-order valence-corrected chi connectivity index (χ3v) is 7.45. The highest BCUT2D eigenvalue weighted by Gasteiger charge is 2.14. The maximum atomic E-state index is 5.76. The lowest BCUT2D eigenvalue weighted by molar-refractivity contribution is 0.0358. The first-order chi connectivity index (χ1) is 20.6. The van der Waals surface area contributed by atoms with Gasteiger partial charge in [-0.1, -0.05) is 80.1 Å². The Labute approximate surface area is 277 Å². The lowest BCUT2D eigenvalue weighted by Gasteiger charge is -2.26. The van der Waals surface area contributed by atoms with Crippen LogP contribution in [0, 0.1) is 0 Å². The maximum Gasteiger partial charge on any atom is 0.119 e. The van der Waals surface area contributed by atoms with Crippen LogP contribution in [0.25, 0.3) is 17.7 Å². The van der Waals surface area contributed by atoms with Crippen molar-refractivity contribution in [2.75, 3.05) is 66.7 Å². The van der Waals surface area contributed by atoms with Crippen molar-refractivity contribution in [2.45, 2.75) is 32.6 Å². The molecule has 0 N–H and O–H groups in total. The molecule has 5 rings (SSSR count). The first-order valence-corrected chi connectivity index (χ1v) is 15.5. The zero-order chi connectivity index (χ0) is 29.4. The second-order valence-electron chi connectivity index (χ2n) is 11.0. The zero-order valence-electron chi connectivity index (χ0n) is 26.6. The fourth-order valence-corrected chi connectivity index (χ4v) is 5.06. The molecule has 2 aliphatic rings. The van der Waals surface area contributed by atoms with Crippen molar-refractivity contribution in [3.8, 4) is 11.5 Å². The molecular weight excluding hydrogens is 591 g/mol. The number of fused-ring (bicyclic) bond motifs is 2. The highest BCUT2D eigenvalue weighted by molar-refractivity contribution is 5.93. The van der Waals surface area contributed by atoms with E-state index in [1.165, 1.54) is 27.8 Å². The molecule has 0 amide bonds. The summed E-state index contributed by atoms with van der Waals surface area (Å²) in [5.74, 6) is 1.84. The minimum absolute atomic E-state index is 0. The molecule has 1 saturated heterocycles. The van der Waals surface area contributed by atoms with Crippen LogP contribution in [0.3, 0.4) is 0 Å². The van der Waals surface area contributed by atoms with Gasteiger partial charge < -0.3 is 19.1 Å². The van der Waals surface area contributed by atoms with E-state index in [0.29, 0.717) is 0 Å². The molecule has 0 saturated carbocycles. The molecule has 3 aromatic rings. The molecule has 5 nitrogen and oxygen atoms in total. The van der Waals surface area contributed by atoms with E-state index in [4.69, 9.17) is 14.2 Å². The van der Waals surface area contributed by atoms with E-state index >= 15 is 0 Å². The Balaban J connectivity index is 0.000000293. The fraction of sp³-hybridized carbons (Fsp3) is 0.405. The van der Waals surface area contributed by atoms with Gasteiger partial charge in [0.15, 0.2) is 0 Å². The molecule has 240 valence electrons. The summed E-state index contributed by atoms with van der Waals surface area (Å²) >= 11 is 0. The predicted octanol–water partition coefficient (Wildman–Crippen LogP) is 8.36. The Bertz CT molecular complexity index is 1220. The van der Waals surface area contributed by atoms with Crippen molar-refractivity contribution in [3.05, 3.63) is 101 Å². The molecule has 0 bridgehead atoms. The summed E-state index contributed by atoms with van der Waals surface area (Å²) in [7, 11) is 4.24. The molecule has 1 aliphatic carbocycles. The summed E-state index contributed by atoms with van der Waals surface area (Å²) in [5.41, 5.74) is 6.61. The molecule has 1 fully saturated rings. The summed E-state index contributed by atoms with van der Waals surface area (Å²) in [6, 6.07) is 25.2. The number of halogens is 2. The zero-order valence-corrected chi connectivity index (χ0v) is 28.2. The van der Waals surface area contributed by atoms with Gasteiger partial charge >= 0.3 is 0 Å². The van der Waals surface area contributed by atoms with Gasteiger partial charge in [0.25, 0.3) is 0 Å². The highest BCUT2D eigenvalue weighted by atomic mass is 35.5. The lowest BCUT2D eigenvalue weighted by atomic mass is 9.93. The normalized spacial score (nSPS) is 13.7. The Morgan fingerprint density at radius 1 is 0.750 bits per heavy atom. The van der Waals surface area contributed by atoms with Gasteiger partial charge in [0, 0.05) is 26.2 Å². The smallest absolute Gasteiger partial charge is 0.119 e. The quantitative estimate of drug-likeness (QED) is 0.145. The van der Waals surface area contributed by atoms with E-state index in [1.807, 2.05) is 24.3 Å². The van der Waals surface area contributed by atoms with Gasteiger partial charge in [0.2, 0.25) is 0 Å². The molecule has 1 aliphatic heterocycles. The average molecular weight is 642 g/mol. The summed E-state index contributed by atoms with van der Waals surface area (Å²) in [6.07, 6.45) is 11.2. The summed E-state index contributed by atoms with van der Waals surface area (Å²) < 4.78 is 16.7. The van der Waals surface area contributed by atoms with Gasteiger partial charge in [-0.2, -0.15) is 0 Å². The van der Waals surface area contributed by atoms with E-state index in [2.05, 4.69) is 97.6 Å². The first kappa shape index (κ1) is 37.4. The van der Waals surface area contributed by atoms with Crippen LogP contribution in [0.1, 0.15) is 54.9 Å². The highest BCUT2D eigenvalue weighted by Crippen LogP contribution is 2.33. The minimum Gasteiger partial charge on any atom is -0.494 e. The van der Waals surface area contributed by atoms with E-state index in [1.54, 1.807) is 0 Å². The standard InChI is InChI=1S/C20H21N.C17H27NO3.2ClH/c1-21(2)15-7-12-20-18-10-5-3-8-16(18)13-14-17-9-4-6-11-19(17)20;1-2-3-12-20-16-5-7-17(8-6-16)21-13-4-9-18-10-14-19-15-11-18;;/h3-6,8-14H,7,15H2,1-2H3;5-8H,2-4,9-15H2,1H3;2*1H. The summed E-state index contributed by atoms with van der Waals surface area (Å²) in [5, 5.41) is 0. The van der Waals surface area contributed by atoms with Crippen LogP contribution in [-0.4, -0.2) is 76.5 Å². The van der Waals surface area contributed by atoms with Crippen LogP contribution >= 0.6 is 24.8 Å². The molecule has 0 atom stereocenters. The summed E-state index contributed by atoms with van der Waals surface area (Å²) in [6.45, 7) is 9.68. The molecule has 0 spiro atoms. The number of morpholine rings is 1. The predicted molar refractivity (Wildman–Crippen MR) is 191 cm³/mol. The lowest BCUT2D eigenvalue weighted by Crippen LogP contribution is -2.37. The average Bonchev–Trinajstić information content (AvgIpc) is 3.18. The Hall–Kier alpha value is -2.80. The molecule has 7 heteroatoms. The van der Waals surface area contributed by atoms with Crippen LogP contribution in [0.4, 0.5) is 0 Å². The number of rotatable bonds is 12. The van der Waals surface area contributed by atoms with Crippen molar-refractivity contribution in [1.29, 1.82) is 0 Å². The van der Waals surface area contributed by atoms with Gasteiger partial charge in [-0.05, 0) is 85.5 Å². The summed E-state index contributed by atoms with van der Waals surface area (Å²) in [4.78, 5) is 4.65. The second-order valence-corrected chi connectivity index (χ2v) is 11.0. The third kappa shape index (κ3) is 12.3. The SMILES string of the molecule is CCCCOc1ccc(OCCCN2CCOCC2)cc1.CN(C)CCC=C1c2ccccc2C=Cc2ccccc21.Cl.Cl. The van der Waals surface area contributed by atoms with E-state index in [-0.39, 0.29) is 24.8 Å². The first-order valence-electron chi connectivity index (χ1n) is 15.5. The van der Waals surface area contributed by atoms with Crippen LogP contribution in [0.15, 0.2) is 78.9 Å². The fourth-order valence-electron chi connectivity index (χ4n) is 5.06. The van der Waals surface area contributed by atoms with Gasteiger partial charge in [-0.15, -0.1) is 24.8 Å². The molecule has 0 radical (unpaired) electrons. The van der Waals surface area contributed by atoms with E-state index in [0.717, 1.165) is 89.8 Å². The van der Waals surface area contributed by atoms with E-state index < -0.39 is 0 Å². The van der Waals surface area contributed by atoms with Crippen molar-refractivity contribution in [2.24, 2.45) is 0 Å². The van der Waals surface area contributed by atoms with Gasteiger partial charge in [-0.25, -0.2) is 0 Å². The molecule has 44 heavy (non-hydrogen) atoms. The van der Waals surface area contributed by atoms with Gasteiger partial charge in [0.1, 0.15) is 11.5 Å². The minimum atomic E-state index is 0. The Morgan fingerprint density at radius 2 is 1.27 bits per heavy atom. The van der Waals surface area contributed by atoms with Crippen LogP contribution in [0.5, 0.6) is 11.5 Å². The molecule has 1 heterocycles. The number of benzene rings is 3. The largest absolute Gasteiger partial charge is 0.494 e. The molecule has 0 aromatic heterocycles. The van der Waals surface area contributed by atoms with Crippen molar-refractivity contribution < 1.29 is 14.2 Å². The van der Waals surface area contributed by atoms with Crippen LogP contribution in [-0.2, 0) is 4.74 Å². The van der Waals surface area contributed by atoms with Crippen LogP contribution in [0.2, 0.25) is 0 Å². The molecule has 0 unspecified atom stereocenters. The number of unbranched alkanes of at least 4 members (excludes halogenated alkanes) is 1. The Morgan fingerprint density at radius 3 is 1.80 bits per heavy atom. The number of ether oxygens (including phenoxy) is 3. The van der Waals surface area contributed by atoms with Crippen molar-refractivity contribution in [1.82, 2.24) is 9.80 Å². The number of hydrogen-bond acceptors (Lipinski definition) is 5. The van der Waals surface area contributed by atoms with Gasteiger partial charge in [0.05, 0.1) is 26.4 Å². The third-order valence-electron chi connectivity index (χ3n) is 7.45. The van der Waals surface area contributed by atoms with Crippen LogP contribution < -0.4 is 9.47 Å². The monoisotopic (exact) mass is 640 g/mol. The van der Waals surface area contributed by atoms with E-state index in [9.17, 15) is 0 Å². The molecular formula is C37H50Cl2N2O3. The van der Waals surface area contributed by atoms with Crippen molar-refractivity contribution >= 4 is 42.5 Å². The van der Waals surface area contributed by atoms with Crippen molar-refractivity contribution in [3.63, 3.8) is 0 Å². The molecule has 3 aromatic carbocycles. The maximum absolute atomic E-state index is 5.76.